The van der Waals surface area contributed by atoms with E-state index in [0.717, 1.165) is 16.1 Å². The Bertz CT molecular complexity index is 1100. The van der Waals surface area contributed by atoms with Crippen molar-refractivity contribution in [2.75, 3.05) is 12.4 Å². The molecule has 136 valence electrons. The van der Waals surface area contributed by atoms with E-state index in [2.05, 4.69) is 10.3 Å². The smallest absolute Gasteiger partial charge is 0.263 e. The maximum absolute atomic E-state index is 12.7. The van der Waals surface area contributed by atoms with Crippen LogP contribution in [0.3, 0.4) is 0 Å². The molecule has 0 unspecified atom stereocenters. The molecule has 0 aliphatic carbocycles. The van der Waals surface area contributed by atoms with Crippen molar-refractivity contribution in [1.29, 1.82) is 0 Å². The van der Waals surface area contributed by atoms with Crippen LogP contribution in [0.15, 0.2) is 29.1 Å². The normalized spacial score (nSPS) is 10.9. The quantitative estimate of drug-likeness (QED) is 0.625. The minimum atomic E-state index is -0.405. The third-order valence-corrected chi connectivity index (χ3v) is 5.56. The van der Waals surface area contributed by atoms with E-state index in [9.17, 15) is 9.59 Å². The van der Waals surface area contributed by atoms with Gasteiger partial charge in [-0.1, -0.05) is 18.5 Å². The largest absolute Gasteiger partial charge is 0.495 e. The summed E-state index contributed by atoms with van der Waals surface area (Å²) in [6, 6.07) is 6.73. The maximum Gasteiger partial charge on any atom is 0.263 e. The fourth-order valence-electron chi connectivity index (χ4n) is 2.53. The first-order valence-corrected chi connectivity index (χ1v) is 9.42. The Labute approximate surface area is 163 Å². The van der Waals surface area contributed by atoms with Crippen molar-refractivity contribution in [2.24, 2.45) is 0 Å². The summed E-state index contributed by atoms with van der Waals surface area (Å²) in [7, 11) is 1.50. The van der Waals surface area contributed by atoms with Crippen LogP contribution in [0.25, 0.3) is 10.2 Å². The Morgan fingerprint density at radius 1 is 1.42 bits per heavy atom. The van der Waals surface area contributed by atoms with Crippen molar-refractivity contribution in [1.82, 2.24) is 9.55 Å². The number of hydrogen-bond acceptors (Lipinski definition) is 5. The van der Waals surface area contributed by atoms with Crippen molar-refractivity contribution >= 4 is 57.0 Å². The standard InChI is InChI=1S/C17H16ClN3O3S2/c1-3-10-7-11-15(26-10)20-17(25)21(16(11)23)8-14(22)19-12-6-9(18)4-5-13(12)24-2/h4-7H,3,8H2,1-2H3,(H,19,22)(H,20,25). The number of amides is 1. The molecular weight excluding hydrogens is 394 g/mol. The van der Waals surface area contributed by atoms with Crippen LogP contribution in [0, 0.1) is 4.77 Å². The van der Waals surface area contributed by atoms with Gasteiger partial charge in [-0.3, -0.25) is 14.2 Å². The predicted molar refractivity (Wildman–Crippen MR) is 107 cm³/mol. The molecule has 0 saturated carbocycles. The summed E-state index contributed by atoms with van der Waals surface area (Å²) >= 11 is 12.7. The fourth-order valence-corrected chi connectivity index (χ4v) is 4.00. The minimum absolute atomic E-state index is 0.209. The number of anilines is 1. The number of carbonyl (C=O) groups excluding carboxylic acids is 1. The van der Waals surface area contributed by atoms with Gasteiger partial charge in [0, 0.05) is 9.90 Å². The molecule has 6 nitrogen and oxygen atoms in total. The number of hydrogen-bond donors (Lipinski definition) is 2. The van der Waals surface area contributed by atoms with Gasteiger partial charge in [0.1, 0.15) is 17.1 Å². The number of ether oxygens (including phenoxy) is 1. The third kappa shape index (κ3) is 3.67. The molecule has 2 aromatic heterocycles. The second kappa shape index (κ2) is 7.61. The van der Waals surface area contributed by atoms with E-state index in [1.807, 2.05) is 13.0 Å². The molecular formula is C17H16ClN3O3S2. The first-order valence-electron chi connectivity index (χ1n) is 7.82. The van der Waals surface area contributed by atoms with Crippen LogP contribution < -0.4 is 15.6 Å². The highest BCUT2D eigenvalue weighted by Gasteiger charge is 2.14. The van der Waals surface area contributed by atoms with Crippen molar-refractivity contribution in [3.05, 3.63) is 49.3 Å². The van der Waals surface area contributed by atoms with Gasteiger partial charge in [-0.2, -0.15) is 0 Å². The first kappa shape index (κ1) is 18.6. The number of H-pyrrole nitrogens is 1. The number of benzene rings is 1. The second-order valence-electron chi connectivity index (χ2n) is 5.52. The lowest BCUT2D eigenvalue weighted by Crippen LogP contribution is -2.28. The highest BCUT2D eigenvalue weighted by molar-refractivity contribution is 7.71. The number of nitrogens with one attached hydrogen (secondary N) is 2. The summed E-state index contributed by atoms with van der Waals surface area (Å²) in [6.45, 7) is 1.81. The molecule has 0 bridgehead atoms. The number of halogens is 1. The first-order chi connectivity index (χ1) is 12.4. The van der Waals surface area contributed by atoms with Gasteiger partial charge in [-0.15, -0.1) is 11.3 Å². The number of carbonyl (C=O) groups is 1. The van der Waals surface area contributed by atoms with Gasteiger partial charge >= 0.3 is 0 Å². The maximum atomic E-state index is 12.7. The molecule has 0 fully saturated rings. The van der Waals surface area contributed by atoms with E-state index in [0.29, 0.717) is 21.8 Å². The Hall–Kier alpha value is -2.16. The number of aryl methyl sites for hydroxylation is 1. The second-order valence-corrected chi connectivity index (χ2v) is 7.48. The third-order valence-electron chi connectivity index (χ3n) is 3.81. The molecule has 0 aliphatic rings. The molecule has 2 heterocycles. The molecule has 1 amide bonds. The molecule has 0 aliphatic heterocycles. The monoisotopic (exact) mass is 409 g/mol. The average molecular weight is 410 g/mol. The Morgan fingerprint density at radius 3 is 2.88 bits per heavy atom. The number of fused-ring (bicyclic) bond motifs is 1. The van der Waals surface area contributed by atoms with Crippen LogP contribution in [0.2, 0.25) is 5.02 Å². The number of aromatic amines is 1. The van der Waals surface area contributed by atoms with Crippen LogP contribution in [0.5, 0.6) is 5.75 Å². The molecule has 0 saturated heterocycles. The van der Waals surface area contributed by atoms with Gasteiger partial charge in [0.05, 0.1) is 18.2 Å². The molecule has 3 aromatic rings. The lowest BCUT2D eigenvalue weighted by Gasteiger charge is -2.11. The van der Waals surface area contributed by atoms with Crippen LogP contribution in [-0.4, -0.2) is 22.6 Å². The molecule has 0 radical (unpaired) electrons. The predicted octanol–water partition coefficient (Wildman–Crippen LogP) is 3.98. The minimum Gasteiger partial charge on any atom is -0.495 e. The highest BCUT2D eigenvalue weighted by Crippen LogP contribution is 2.27. The Balaban J connectivity index is 1.91. The molecule has 9 heteroatoms. The summed E-state index contributed by atoms with van der Waals surface area (Å²) in [4.78, 5) is 30.0. The van der Waals surface area contributed by atoms with E-state index >= 15 is 0 Å². The van der Waals surface area contributed by atoms with Gasteiger partial charge < -0.3 is 15.0 Å². The number of nitrogens with zero attached hydrogens (tertiary/aromatic N) is 1. The van der Waals surface area contributed by atoms with E-state index in [1.165, 1.54) is 23.0 Å². The topological polar surface area (TPSA) is 76.1 Å². The summed E-state index contributed by atoms with van der Waals surface area (Å²) < 4.78 is 6.66. The van der Waals surface area contributed by atoms with Crippen LogP contribution in [0.4, 0.5) is 5.69 Å². The number of thiophene rings is 1. The van der Waals surface area contributed by atoms with Crippen molar-refractivity contribution in [3.8, 4) is 5.75 Å². The van der Waals surface area contributed by atoms with Crippen LogP contribution in [-0.2, 0) is 17.8 Å². The number of aromatic nitrogens is 2. The average Bonchev–Trinajstić information content (AvgIpc) is 3.02. The van der Waals surface area contributed by atoms with Gasteiger partial charge in [0.2, 0.25) is 5.91 Å². The lowest BCUT2D eigenvalue weighted by atomic mass is 10.3. The zero-order valence-corrected chi connectivity index (χ0v) is 16.5. The molecule has 2 N–H and O–H groups in total. The van der Waals surface area contributed by atoms with Crippen molar-refractivity contribution in [3.63, 3.8) is 0 Å². The summed E-state index contributed by atoms with van der Waals surface area (Å²) in [6.07, 6.45) is 0.828. The zero-order valence-electron chi connectivity index (χ0n) is 14.1. The summed E-state index contributed by atoms with van der Waals surface area (Å²) in [5.41, 5.74) is 0.144. The lowest BCUT2D eigenvalue weighted by molar-refractivity contribution is -0.116. The van der Waals surface area contributed by atoms with Crippen LogP contribution >= 0.6 is 35.2 Å². The van der Waals surface area contributed by atoms with E-state index in [1.54, 1.807) is 18.2 Å². The van der Waals surface area contributed by atoms with Crippen molar-refractivity contribution in [2.45, 2.75) is 19.9 Å². The van der Waals surface area contributed by atoms with Gasteiger partial charge in [0.15, 0.2) is 4.77 Å². The van der Waals surface area contributed by atoms with Gasteiger partial charge in [-0.25, -0.2) is 0 Å². The van der Waals surface area contributed by atoms with E-state index in [-0.39, 0.29) is 16.9 Å². The summed E-state index contributed by atoms with van der Waals surface area (Å²) in [5.74, 6) is 0.0681. The molecule has 1 aromatic carbocycles. The molecule has 0 atom stereocenters. The number of methoxy groups -OCH3 is 1. The highest BCUT2D eigenvalue weighted by atomic mass is 35.5. The van der Waals surface area contributed by atoms with E-state index < -0.39 is 5.91 Å². The Kier molecular flexibility index (Phi) is 5.45. The van der Waals surface area contributed by atoms with E-state index in [4.69, 9.17) is 28.6 Å². The molecule has 26 heavy (non-hydrogen) atoms. The fraction of sp³-hybridized carbons (Fsp3) is 0.235. The number of rotatable bonds is 5. The summed E-state index contributed by atoms with van der Waals surface area (Å²) in [5, 5.41) is 3.70. The Morgan fingerprint density at radius 2 is 2.19 bits per heavy atom. The van der Waals surface area contributed by atoms with Crippen LogP contribution in [0.1, 0.15) is 11.8 Å². The van der Waals surface area contributed by atoms with Crippen molar-refractivity contribution < 1.29 is 9.53 Å². The molecule has 0 spiro atoms. The molecule has 3 rings (SSSR count). The van der Waals surface area contributed by atoms with Gasteiger partial charge in [-0.05, 0) is 42.9 Å². The zero-order chi connectivity index (χ0) is 18.8. The SMILES string of the molecule is CCc1cc2c(=O)n(CC(=O)Nc3cc(Cl)ccc3OC)c(=S)[nH]c2s1. The van der Waals surface area contributed by atoms with Gasteiger partial charge in [0.25, 0.3) is 5.56 Å².